The van der Waals surface area contributed by atoms with E-state index in [1.807, 2.05) is 56.3 Å². The van der Waals surface area contributed by atoms with Gasteiger partial charge in [-0.1, -0.05) is 104 Å². The Morgan fingerprint density at radius 3 is 1.23 bits per heavy atom. The fourth-order valence-electron chi connectivity index (χ4n) is 8.30. The molecule has 0 atom stereocenters. The molecule has 0 bridgehead atoms. The third-order valence-electron chi connectivity index (χ3n) is 11.6. The summed E-state index contributed by atoms with van der Waals surface area (Å²) >= 11 is 0. The van der Waals surface area contributed by atoms with E-state index in [4.69, 9.17) is 4.18 Å². The van der Waals surface area contributed by atoms with Gasteiger partial charge < -0.3 is 14.9 Å². The maximum Gasteiger partial charge on any atom is 0.266 e. The number of nitrogens with zero attached hydrogens (tertiary/aromatic N) is 9. The van der Waals surface area contributed by atoms with Crippen LogP contribution in [0.5, 0.6) is 0 Å². The lowest BCUT2D eigenvalue weighted by atomic mass is 9.88. The quantitative estimate of drug-likeness (QED) is 0.129. The highest BCUT2D eigenvalue weighted by Gasteiger charge is 2.26. The Morgan fingerprint density at radius 1 is 0.500 bits per heavy atom. The highest BCUT2D eigenvalue weighted by atomic mass is 32.2. The minimum Gasteiger partial charge on any atom is -0.376 e. The molecule has 3 aliphatic heterocycles. The Bertz CT molecular complexity index is 2640. The first kappa shape index (κ1) is 47.1. The van der Waals surface area contributed by atoms with Gasteiger partial charge in [-0.15, -0.1) is 0 Å². The van der Waals surface area contributed by atoms with Gasteiger partial charge in [-0.2, -0.15) is 8.42 Å². The summed E-state index contributed by atoms with van der Waals surface area (Å²) < 4.78 is 27.3. The van der Waals surface area contributed by atoms with Crippen molar-refractivity contribution in [2.45, 2.75) is 66.7 Å². The second-order valence-corrected chi connectivity index (χ2v) is 17.4. The lowest BCUT2D eigenvalue weighted by Gasteiger charge is -2.30. The highest BCUT2D eigenvalue weighted by Crippen LogP contribution is 2.38. The molecule has 11 rings (SSSR count). The van der Waals surface area contributed by atoms with E-state index in [-0.39, 0.29) is 13.5 Å². The molecule has 340 valence electrons. The molecule has 0 amide bonds. The van der Waals surface area contributed by atoms with Gasteiger partial charge in [0.2, 0.25) is 0 Å². The molecule has 0 unspecified atom stereocenters. The summed E-state index contributed by atoms with van der Waals surface area (Å²) in [6.07, 6.45) is 15.7. The number of para-hydroxylation sites is 3. The topological polar surface area (TPSA) is 151 Å². The molecule has 7 aromatic rings. The zero-order valence-electron chi connectivity index (χ0n) is 38.5. The molecule has 0 radical (unpaired) electrons. The van der Waals surface area contributed by atoms with Crippen LogP contribution in [0.4, 0.5) is 34.5 Å². The maximum absolute atomic E-state index is 11.2. The Morgan fingerprint density at radius 2 is 0.833 bits per heavy atom. The van der Waals surface area contributed by atoms with E-state index in [2.05, 4.69) is 110 Å². The number of fused-ring (bicyclic) bond motifs is 7. The molecule has 13 nitrogen and oxygen atoms in total. The van der Waals surface area contributed by atoms with Gasteiger partial charge in [0.1, 0.15) is 13.5 Å². The normalized spacial score (nSPS) is 13.6. The van der Waals surface area contributed by atoms with Crippen LogP contribution in [-0.4, -0.2) is 69.7 Å². The molecule has 0 spiro atoms. The number of hydrogen-bond acceptors (Lipinski definition) is 13. The van der Waals surface area contributed by atoms with Crippen molar-refractivity contribution in [2.75, 3.05) is 41.0 Å². The van der Waals surface area contributed by atoms with E-state index in [1.54, 1.807) is 58.1 Å². The lowest BCUT2D eigenvalue weighted by molar-refractivity contribution is 0.302. The van der Waals surface area contributed by atoms with Crippen molar-refractivity contribution in [3.05, 3.63) is 190 Å². The minimum atomic E-state index is -3.52. The van der Waals surface area contributed by atoms with Gasteiger partial charge in [-0.3, -0.25) is 19.9 Å². The molecular formula is C52H57N9O4S. The number of allylic oxidation sites excluding steroid dienone is 2. The molecule has 6 heterocycles. The number of anilines is 6. The first-order valence-electron chi connectivity index (χ1n) is 22.2. The van der Waals surface area contributed by atoms with Crippen LogP contribution in [0.3, 0.4) is 0 Å². The van der Waals surface area contributed by atoms with E-state index in [9.17, 15) is 13.5 Å². The van der Waals surface area contributed by atoms with Crippen molar-refractivity contribution < 1.29 is 17.7 Å². The molecule has 3 aromatic heterocycles. The third-order valence-corrected chi connectivity index (χ3v) is 12.1. The van der Waals surface area contributed by atoms with Crippen molar-refractivity contribution in [2.24, 2.45) is 0 Å². The van der Waals surface area contributed by atoms with Crippen molar-refractivity contribution in [3.63, 3.8) is 0 Å². The summed E-state index contributed by atoms with van der Waals surface area (Å²) in [6, 6.07) is 32.9. The first-order chi connectivity index (χ1) is 32.1. The van der Waals surface area contributed by atoms with E-state index >= 15 is 0 Å². The van der Waals surface area contributed by atoms with Gasteiger partial charge >= 0.3 is 0 Å². The van der Waals surface area contributed by atoms with Crippen LogP contribution in [0.25, 0.3) is 0 Å². The number of aromatic nitrogens is 6. The molecule has 0 saturated carbocycles. The summed E-state index contributed by atoms with van der Waals surface area (Å²) in [6.45, 7) is 11.4. The fraction of sp³-hybridized carbons (Fsp3) is 0.269. The molecule has 66 heavy (non-hydrogen) atoms. The SMILES string of the molecule is CC.CC1=C(C)Cc2ccccc2C1.CCN1c2ccccc2Cc2nccnc21.CS(=O)(=O)OCN1c2ccccc2Cc2nccnc21.OCN1c2ccccc2Cc2nccnc21. The van der Waals surface area contributed by atoms with E-state index in [0.29, 0.717) is 12.2 Å². The largest absolute Gasteiger partial charge is 0.376 e. The predicted octanol–water partition coefficient (Wildman–Crippen LogP) is 9.61. The standard InChI is InChI=1S/C13H13N3O3S.C13H13N3.C12H11N3O.C12H14.C2H6/c1-20(17,18)19-9-16-12-5-3-2-4-10(12)8-11-13(16)15-7-6-14-11;1-2-16-12-6-4-3-5-10(12)9-11-13(16)15-8-7-14-11;16-8-15-11-4-2-1-3-9(11)7-10-12(15)14-6-5-13-10;1-9-7-11-5-3-4-6-12(11)8-10(9)2;1-2/h2-7H,8-9H2,1H3;3-8H,2,9H2,1H3;1-6,16H,7-8H2;3-6H,7-8H2,1-2H3;1-2H3. The summed E-state index contributed by atoms with van der Waals surface area (Å²) in [4.78, 5) is 31.7. The predicted molar refractivity (Wildman–Crippen MR) is 262 cm³/mol. The molecule has 4 aliphatic rings. The number of aliphatic hydroxyl groups is 1. The Hall–Kier alpha value is -6.87. The molecule has 4 aromatic carbocycles. The molecule has 1 aliphatic carbocycles. The monoisotopic (exact) mass is 903 g/mol. The number of rotatable bonds is 5. The van der Waals surface area contributed by atoms with E-state index in [0.717, 1.165) is 84.1 Å². The van der Waals surface area contributed by atoms with Gasteiger partial charge in [-0.25, -0.2) is 19.1 Å². The van der Waals surface area contributed by atoms with Crippen molar-refractivity contribution in [1.29, 1.82) is 0 Å². The highest BCUT2D eigenvalue weighted by molar-refractivity contribution is 7.86. The summed E-state index contributed by atoms with van der Waals surface area (Å²) in [5, 5.41) is 9.44. The first-order valence-corrected chi connectivity index (χ1v) is 24.1. The molecule has 0 saturated heterocycles. The number of benzene rings is 4. The summed E-state index contributed by atoms with van der Waals surface area (Å²) in [5.41, 5.74) is 15.7. The van der Waals surface area contributed by atoms with Crippen molar-refractivity contribution in [1.82, 2.24) is 29.9 Å². The van der Waals surface area contributed by atoms with Crippen LogP contribution in [-0.2, 0) is 46.4 Å². The Kier molecular flexibility index (Phi) is 15.6. The molecular weight excluding hydrogens is 847 g/mol. The zero-order valence-corrected chi connectivity index (χ0v) is 39.3. The van der Waals surface area contributed by atoms with Crippen LogP contribution < -0.4 is 14.7 Å². The lowest BCUT2D eigenvalue weighted by Crippen LogP contribution is -2.28. The Labute approximate surface area is 388 Å². The van der Waals surface area contributed by atoms with Gasteiger partial charge in [0, 0.05) is 80.1 Å². The number of hydrogen-bond donors (Lipinski definition) is 1. The van der Waals surface area contributed by atoms with E-state index in [1.165, 1.54) is 27.9 Å². The maximum atomic E-state index is 11.2. The molecule has 1 N–H and O–H groups in total. The van der Waals surface area contributed by atoms with Gasteiger partial charge in [0.15, 0.2) is 17.5 Å². The van der Waals surface area contributed by atoms with Crippen LogP contribution >= 0.6 is 0 Å². The van der Waals surface area contributed by atoms with Crippen molar-refractivity contribution in [3.8, 4) is 0 Å². The van der Waals surface area contributed by atoms with Crippen LogP contribution in [0.2, 0.25) is 0 Å². The van der Waals surface area contributed by atoms with Gasteiger partial charge in [-0.05, 0) is 79.6 Å². The Balaban J connectivity index is 0.000000131. The summed E-state index contributed by atoms with van der Waals surface area (Å²) in [7, 11) is -3.52. The van der Waals surface area contributed by atoms with Crippen LogP contribution in [0, 0.1) is 0 Å². The van der Waals surface area contributed by atoms with Crippen molar-refractivity contribution >= 4 is 44.6 Å². The van der Waals surface area contributed by atoms with E-state index < -0.39 is 10.1 Å². The molecule has 0 fully saturated rings. The zero-order chi connectivity index (χ0) is 46.6. The average molecular weight is 904 g/mol. The van der Waals surface area contributed by atoms with Gasteiger partial charge in [0.25, 0.3) is 10.1 Å². The second kappa shape index (κ2) is 21.9. The average Bonchev–Trinajstić information content (AvgIpc) is 3.35. The number of aliphatic hydroxyl groups excluding tert-OH is 1. The smallest absolute Gasteiger partial charge is 0.266 e. The van der Waals surface area contributed by atoms with Crippen LogP contribution in [0.1, 0.15) is 79.5 Å². The van der Waals surface area contributed by atoms with Gasteiger partial charge in [0.05, 0.1) is 23.3 Å². The van der Waals surface area contributed by atoms with Crippen LogP contribution in [0.15, 0.2) is 145 Å². The summed E-state index contributed by atoms with van der Waals surface area (Å²) in [5.74, 6) is 2.39. The minimum absolute atomic E-state index is 0.0806. The third kappa shape index (κ3) is 11.0. The molecule has 14 heteroatoms. The second-order valence-electron chi connectivity index (χ2n) is 15.8. The fourth-order valence-corrected chi connectivity index (χ4v) is 8.60.